The van der Waals surface area contributed by atoms with Gasteiger partial charge in [-0.1, -0.05) is 6.92 Å². The van der Waals surface area contributed by atoms with E-state index in [4.69, 9.17) is 5.21 Å². The highest BCUT2D eigenvalue weighted by Crippen LogP contribution is 1.91. The molecule has 0 aromatic heterocycles. The van der Waals surface area contributed by atoms with Crippen molar-refractivity contribution in [3.63, 3.8) is 0 Å². The molecule has 0 heterocycles. The predicted octanol–water partition coefficient (Wildman–Crippen LogP) is 0.851. The summed E-state index contributed by atoms with van der Waals surface area (Å²) in [5, 5.41) is 20.3. The fourth-order valence-corrected chi connectivity index (χ4v) is 0.401. The lowest BCUT2D eigenvalue weighted by atomic mass is 10.3. The van der Waals surface area contributed by atoms with E-state index < -0.39 is 4.92 Å². The molecule has 0 amide bonds. The van der Waals surface area contributed by atoms with Gasteiger partial charge in [-0.15, -0.1) is 0 Å². The first kappa shape index (κ1) is 7.87. The number of nitro groups is 1. The molecule has 0 bridgehead atoms. The van der Waals surface area contributed by atoms with Gasteiger partial charge in [0.1, 0.15) is 5.16 Å². The van der Waals surface area contributed by atoms with Crippen molar-refractivity contribution in [2.75, 3.05) is 0 Å². The molecule has 0 atom stereocenters. The summed E-state index contributed by atoms with van der Waals surface area (Å²) in [6.45, 7) is 1.77. The van der Waals surface area contributed by atoms with E-state index in [1.54, 1.807) is 6.92 Å². The summed E-state index contributed by atoms with van der Waals surface area (Å²) in [7, 11) is 0. The number of nitrogens with zero attached hydrogens (tertiary/aromatic N) is 2. The Bertz CT molecular complexity index is 132. The quantitative estimate of drug-likeness (QED) is 0.199. The summed E-state index contributed by atoms with van der Waals surface area (Å²) in [6, 6.07) is 0. The Morgan fingerprint density at radius 1 is 1.89 bits per heavy atom. The summed E-state index contributed by atoms with van der Waals surface area (Å²) >= 11 is 0. The van der Waals surface area contributed by atoms with E-state index in [1.165, 1.54) is 0 Å². The van der Waals surface area contributed by atoms with Crippen molar-refractivity contribution in [2.45, 2.75) is 19.8 Å². The number of hydrogen-bond acceptors (Lipinski definition) is 4. The van der Waals surface area contributed by atoms with Crippen molar-refractivity contribution in [3.8, 4) is 0 Å². The fraction of sp³-hybridized carbons (Fsp3) is 0.750. The Morgan fingerprint density at radius 2 is 2.44 bits per heavy atom. The number of oxime groups is 1. The second-order valence-corrected chi connectivity index (χ2v) is 1.52. The first-order valence-electron chi connectivity index (χ1n) is 2.57. The predicted molar refractivity (Wildman–Crippen MR) is 31.1 cm³/mol. The Kier molecular flexibility index (Phi) is 3.34. The summed E-state index contributed by atoms with van der Waals surface area (Å²) in [4.78, 5) is 9.14. The van der Waals surface area contributed by atoms with Crippen LogP contribution in [0, 0.1) is 10.1 Å². The maximum Gasteiger partial charge on any atom is 0.385 e. The van der Waals surface area contributed by atoms with E-state index in [1.807, 2.05) is 0 Å². The Labute approximate surface area is 52.1 Å². The van der Waals surface area contributed by atoms with Crippen molar-refractivity contribution < 1.29 is 10.1 Å². The lowest BCUT2D eigenvalue weighted by Crippen LogP contribution is -2.10. The first-order valence-corrected chi connectivity index (χ1v) is 2.57. The van der Waals surface area contributed by atoms with Crippen molar-refractivity contribution >= 4 is 5.84 Å². The Hall–Kier alpha value is -1.13. The number of rotatable bonds is 2. The average Bonchev–Trinajstić information content (AvgIpc) is 1.82. The maximum atomic E-state index is 9.84. The molecule has 0 spiro atoms. The third-order valence-corrected chi connectivity index (χ3v) is 0.800. The zero-order chi connectivity index (χ0) is 7.28. The molecule has 0 aliphatic rings. The van der Waals surface area contributed by atoms with Crippen LogP contribution in [0.25, 0.3) is 0 Å². The maximum absolute atomic E-state index is 9.84. The molecule has 5 heteroatoms. The largest absolute Gasteiger partial charge is 0.385 e. The third kappa shape index (κ3) is 2.63. The molecule has 0 aliphatic heterocycles. The lowest BCUT2D eigenvalue weighted by molar-refractivity contribution is -0.355. The summed E-state index contributed by atoms with van der Waals surface area (Å²) < 4.78 is 0. The molecule has 0 fully saturated rings. The van der Waals surface area contributed by atoms with Crippen LogP contribution in [0.15, 0.2) is 5.16 Å². The van der Waals surface area contributed by atoms with Gasteiger partial charge in [0.15, 0.2) is 0 Å². The van der Waals surface area contributed by atoms with Gasteiger partial charge in [-0.3, -0.25) is 0 Å². The van der Waals surface area contributed by atoms with E-state index in [-0.39, 0.29) is 12.3 Å². The summed E-state index contributed by atoms with van der Waals surface area (Å²) in [5.41, 5.74) is 0. The number of hydrogen-bond donors (Lipinski definition) is 1. The van der Waals surface area contributed by atoms with Crippen LogP contribution < -0.4 is 0 Å². The van der Waals surface area contributed by atoms with Crippen molar-refractivity contribution in [1.82, 2.24) is 0 Å². The molecule has 52 valence electrons. The molecule has 0 saturated heterocycles. The highest BCUT2D eigenvalue weighted by molar-refractivity contribution is 5.72. The minimum Gasteiger partial charge on any atom is -0.358 e. The van der Waals surface area contributed by atoms with Crippen LogP contribution in [0.2, 0.25) is 0 Å². The summed E-state index contributed by atoms with van der Waals surface area (Å²) in [5.74, 6) is -0.377. The Morgan fingerprint density at radius 3 is 2.56 bits per heavy atom. The molecule has 5 nitrogen and oxygen atoms in total. The second kappa shape index (κ2) is 3.82. The van der Waals surface area contributed by atoms with Gasteiger partial charge in [0.2, 0.25) is 0 Å². The minimum atomic E-state index is -0.691. The van der Waals surface area contributed by atoms with Crippen LogP contribution in [0.4, 0.5) is 0 Å². The molecule has 0 saturated carbocycles. The van der Waals surface area contributed by atoms with Crippen LogP contribution in [0.5, 0.6) is 0 Å². The van der Waals surface area contributed by atoms with Gasteiger partial charge in [0.25, 0.3) is 0 Å². The van der Waals surface area contributed by atoms with Gasteiger partial charge in [-0.2, -0.15) is 0 Å². The SMILES string of the molecule is CCCC(=NO)[N+](=O)[O-]. The van der Waals surface area contributed by atoms with Crippen LogP contribution in [0.3, 0.4) is 0 Å². The van der Waals surface area contributed by atoms with Gasteiger partial charge < -0.3 is 15.3 Å². The zero-order valence-corrected chi connectivity index (χ0v) is 5.07. The van der Waals surface area contributed by atoms with Gasteiger partial charge in [0.05, 0.1) is 6.42 Å². The van der Waals surface area contributed by atoms with Crippen LogP contribution in [-0.4, -0.2) is 16.0 Å². The molecular formula is C4H8N2O3. The first-order chi connectivity index (χ1) is 4.22. The molecule has 0 radical (unpaired) electrons. The summed E-state index contributed by atoms with van der Waals surface area (Å²) in [6.07, 6.45) is 0.823. The van der Waals surface area contributed by atoms with Gasteiger partial charge in [0, 0.05) is 0 Å². The lowest BCUT2D eigenvalue weighted by Gasteiger charge is -1.90. The minimum absolute atomic E-state index is 0.212. The number of amidine groups is 1. The van der Waals surface area contributed by atoms with Crippen molar-refractivity contribution in [2.24, 2.45) is 5.16 Å². The molecule has 1 N–H and O–H groups in total. The Balaban J connectivity index is 3.85. The van der Waals surface area contributed by atoms with Crippen LogP contribution >= 0.6 is 0 Å². The van der Waals surface area contributed by atoms with E-state index in [0.29, 0.717) is 6.42 Å². The molecule has 0 aliphatic carbocycles. The van der Waals surface area contributed by atoms with Crippen LogP contribution in [-0.2, 0) is 0 Å². The third-order valence-electron chi connectivity index (χ3n) is 0.800. The standard InChI is InChI=1S/C4H8N2O3/c1-2-3-4(5-7)6(8)9/h7H,2-3H2,1H3. The topological polar surface area (TPSA) is 75.7 Å². The van der Waals surface area contributed by atoms with E-state index in [0.717, 1.165) is 0 Å². The monoisotopic (exact) mass is 132 g/mol. The van der Waals surface area contributed by atoms with Crippen LogP contribution in [0.1, 0.15) is 19.8 Å². The van der Waals surface area contributed by atoms with E-state index in [2.05, 4.69) is 5.16 Å². The average molecular weight is 132 g/mol. The van der Waals surface area contributed by atoms with Gasteiger partial charge in [-0.05, 0) is 11.3 Å². The zero-order valence-electron chi connectivity index (χ0n) is 5.07. The highest BCUT2D eigenvalue weighted by atomic mass is 16.6. The molecule has 0 rings (SSSR count). The fourth-order valence-electron chi connectivity index (χ4n) is 0.401. The molecular weight excluding hydrogens is 124 g/mol. The van der Waals surface area contributed by atoms with Gasteiger partial charge >= 0.3 is 5.84 Å². The molecule has 0 aromatic rings. The van der Waals surface area contributed by atoms with Crippen molar-refractivity contribution in [3.05, 3.63) is 10.1 Å². The highest BCUT2D eigenvalue weighted by Gasteiger charge is 2.09. The van der Waals surface area contributed by atoms with E-state index >= 15 is 0 Å². The normalized spacial score (nSPS) is 11.4. The smallest absolute Gasteiger partial charge is 0.358 e. The van der Waals surface area contributed by atoms with E-state index in [9.17, 15) is 10.1 Å². The second-order valence-electron chi connectivity index (χ2n) is 1.52. The molecule has 0 unspecified atom stereocenters. The van der Waals surface area contributed by atoms with Gasteiger partial charge in [-0.25, -0.2) is 0 Å². The molecule has 9 heavy (non-hydrogen) atoms. The molecule has 0 aromatic carbocycles. The van der Waals surface area contributed by atoms with Crippen molar-refractivity contribution in [1.29, 1.82) is 0 Å².